The Balaban J connectivity index is 2.07. The number of nitrogens with two attached hydrogens (primary N) is 1. The Kier molecular flexibility index (Phi) is 3.66. The van der Waals surface area contributed by atoms with E-state index in [0.717, 1.165) is 5.69 Å². The Morgan fingerprint density at radius 3 is 2.79 bits per heavy atom. The Hall–Kier alpha value is -2.15. The van der Waals surface area contributed by atoms with Gasteiger partial charge < -0.3 is 11.1 Å². The van der Waals surface area contributed by atoms with Crippen LogP contribution >= 0.6 is 11.6 Å². The highest BCUT2D eigenvalue weighted by Crippen LogP contribution is 2.15. The lowest BCUT2D eigenvalue weighted by Crippen LogP contribution is -2.21. The fourth-order valence-corrected chi connectivity index (χ4v) is 1.73. The first-order valence-corrected chi connectivity index (χ1v) is 5.92. The smallest absolute Gasteiger partial charge is 0.247 e. The Labute approximate surface area is 114 Å². The van der Waals surface area contributed by atoms with Crippen molar-refractivity contribution >= 4 is 29.0 Å². The van der Waals surface area contributed by atoms with Gasteiger partial charge in [0.25, 0.3) is 0 Å². The van der Waals surface area contributed by atoms with Gasteiger partial charge in [0.2, 0.25) is 5.91 Å². The lowest BCUT2D eigenvalue weighted by Gasteiger charge is -2.06. The number of nitrogens with zero attached hydrogens (tertiary/aromatic N) is 4. The molecule has 2 heterocycles. The number of nitrogens with one attached hydrogen (secondary N) is 1. The van der Waals surface area contributed by atoms with Gasteiger partial charge in [0.15, 0.2) is 0 Å². The van der Waals surface area contributed by atoms with Crippen molar-refractivity contribution < 1.29 is 4.79 Å². The summed E-state index contributed by atoms with van der Waals surface area (Å²) in [5.74, 6) is 0.0832. The van der Waals surface area contributed by atoms with E-state index in [1.807, 2.05) is 6.92 Å². The summed E-state index contributed by atoms with van der Waals surface area (Å²) in [4.78, 5) is 19.5. The maximum absolute atomic E-state index is 11.8. The molecule has 0 aliphatic carbocycles. The van der Waals surface area contributed by atoms with Crippen molar-refractivity contribution in [1.82, 2.24) is 19.7 Å². The predicted molar refractivity (Wildman–Crippen MR) is 71.8 cm³/mol. The van der Waals surface area contributed by atoms with Gasteiger partial charge in [-0.25, -0.2) is 9.97 Å². The standard InChI is InChI=1S/C11H13ClN6O/c1-6-11(13)7(2)18(17-6)4-10(19)16-9-3-8(12)14-5-15-9/h3,5H,4,13H2,1-2H3,(H,14,15,16,19). The third-order valence-electron chi connectivity index (χ3n) is 2.63. The van der Waals surface area contributed by atoms with Crippen LogP contribution in [-0.2, 0) is 11.3 Å². The number of carbonyl (C=O) groups is 1. The monoisotopic (exact) mass is 280 g/mol. The van der Waals surface area contributed by atoms with E-state index in [2.05, 4.69) is 20.4 Å². The second-order valence-corrected chi connectivity index (χ2v) is 4.40. The highest BCUT2D eigenvalue weighted by Gasteiger charge is 2.12. The van der Waals surface area contributed by atoms with Gasteiger partial charge in [-0.05, 0) is 13.8 Å². The van der Waals surface area contributed by atoms with Gasteiger partial charge in [0, 0.05) is 6.07 Å². The maximum atomic E-state index is 11.8. The summed E-state index contributed by atoms with van der Waals surface area (Å²) in [6.07, 6.45) is 1.28. The van der Waals surface area contributed by atoms with Crippen molar-refractivity contribution in [3.8, 4) is 0 Å². The number of amides is 1. The molecule has 0 aliphatic rings. The number of halogens is 1. The molecule has 2 rings (SSSR count). The number of hydrogen-bond donors (Lipinski definition) is 2. The highest BCUT2D eigenvalue weighted by atomic mass is 35.5. The molecule has 7 nitrogen and oxygen atoms in total. The van der Waals surface area contributed by atoms with Crippen LogP contribution in [0.2, 0.25) is 5.15 Å². The molecule has 0 unspecified atom stereocenters. The third-order valence-corrected chi connectivity index (χ3v) is 2.84. The van der Waals surface area contributed by atoms with E-state index >= 15 is 0 Å². The summed E-state index contributed by atoms with van der Waals surface area (Å²) in [7, 11) is 0. The molecule has 0 aliphatic heterocycles. The number of anilines is 2. The van der Waals surface area contributed by atoms with Gasteiger partial charge in [-0.15, -0.1) is 0 Å². The molecule has 0 bridgehead atoms. The lowest BCUT2D eigenvalue weighted by molar-refractivity contribution is -0.117. The molecule has 0 aromatic carbocycles. The zero-order valence-corrected chi connectivity index (χ0v) is 11.3. The molecule has 1 amide bonds. The van der Waals surface area contributed by atoms with E-state index in [0.29, 0.717) is 17.2 Å². The van der Waals surface area contributed by atoms with Crippen LogP contribution in [0, 0.1) is 13.8 Å². The van der Waals surface area contributed by atoms with Gasteiger partial charge in [-0.1, -0.05) is 11.6 Å². The minimum Gasteiger partial charge on any atom is -0.396 e. The summed E-state index contributed by atoms with van der Waals surface area (Å²) < 4.78 is 1.54. The summed E-state index contributed by atoms with van der Waals surface area (Å²) in [5, 5.41) is 7.06. The first-order chi connectivity index (χ1) is 8.97. The van der Waals surface area contributed by atoms with Crippen LogP contribution in [0.1, 0.15) is 11.4 Å². The van der Waals surface area contributed by atoms with Gasteiger partial charge in [0.05, 0.1) is 17.1 Å². The third kappa shape index (κ3) is 3.00. The number of aromatic nitrogens is 4. The molecule has 19 heavy (non-hydrogen) atoms. The molecule has 0 atom stereocenters. The molecule has 0 fully saturated rings. The van der Waals surface area contributed by atoms with Gasteiger partial charge in [-0.2, -0.15) is 5.10 Å². The molecule has 8 heteroatoms. The first kappa shape index (κ1) is 13.3. The molecular formula is C11H13ClN6O. The van der Waals surface area contributed by atoms with Crippen molar-refractivity contribution in [2.45, 2.75) is 20.4 Å². The van der Waals surface area contributed by atoms with Crippen molar-refractivity contribution in [2.24, 2.45) is 0 Å². The summed E-state index contributed by atoms with van der Waals surface area (Å²) in [6, 6.07) is 1.47. The van der Waals surface area contributed by atoms with E-state index in [-0.39, 0.29) is 17.6 Å². The van der Waals surface area contributed by atoms with Crippen molar-refractivity contribution in [1.29, 1.82) is 0 Å². The number of aryl methyl sites for hydroxylation is 1. The fraction of sp³-hybridized carbons (Fsp3) is 0.273. The van der Waals surface area contributed by atoms with Crippen LogP contribution in [-0.4, -0.2) is 25.7 Å². The van der Waals surface area contributed by atoms with E-state index in [4.69, 9.17) is 17.3 Å². The maximum Gasteiger partial charge on any atom is 0.247 e. The molecule has 0 radical (unpaired) electrons. The first-order valence-electron chi connectivity index (χ1n) is 5.54. The van der Waals surface area contributed by atoms with E-state index < -0.39 is 0 Å². The minimum absolute atomic E-state index is 0.0610. The van der Waals surface area contributed by atoms with Crippen LogP contribution in [0.15, 0.2) is 12.4 Å². The number of carbonyl (C=O) groups excluding carboxylic acids is 1. The molecule has 0 saturated heterocycles. The summed E-state index contributed by atoms with van der Waals surface area (Å²) in [6.45, 7) is 3.66. The Morgan fingerprint density at radius 2 is 2.21 bits per heavy atom. The molecule has 2 aromatic heterocycles. The Bertz CT molecular complexity index is 624. The quantitative estimate of drug-likeness (QED) is 0.822. The van der Waals surface area contributed by atoms with Crippen LogP contribution in [0.25, 0.3) is 0 Å². The van der Waals surface area contributed by atoms with Crippen LogP contribution in [0.4, 0.5) is 11.5 Å². The lowest BCUT2D eigenvalue weighted by atomic mass is 10.3. The van der Waals surface area contributed by atoms with Crippen LogP contribution in [0.5, 0.6) is 0 Å². The minimum atomic E-state index is -0.264. The van der Waals surface area contributed by atoms with Crippen molar-refractivity contribution in [2.75, 3.05) is 11.1 Å². The average molecular weight is 281 g/mol. The van der Waals surface area contributed by atoms with Gasteiger partial charge >= 0.3 is 0 Å². The van der Waals surface area contributed by atoms with Crippen LogP contribution in [0.3, 0.4) is 0 Å². The second kappa shape index (κ2) is 5.23. The largest absolute Gasteiger partial charge is 0.396 e. The SMILES string of the molecule is Cc1nn(CC(=O)Nc2cc(Cl)ncn2)c(C)c1N. The summed E-state index contributed by atoms with van der Waals surface area (Å²) >= 11 is 5.70. The zero-order chi connectivity index (χ0) is 14.0. The second-order valence-electron chi connectivity index (χ2n) is 4.02. The number of rotatable bonds is 3. The number of hydrogen-bond acceptors (Lipinski definition) is 5. The molecule has 2 aromatic rings. The molecule has 100 valence electrons. The van der Waals surface area contributed by atoms with Gasteiger partial charge in [-0.3, -0.25) is 9.48 Å². The fourth-order valence-electron chi connectivity index (χ4n) is 1.59. The molecule has 0 spiro atoms. The van der Waals surface area contributed by atoms with Crippen LogP contribution < -0.4 is 11.1 Å². The number of nitrogen functional groups attached to an aromatic ring is 1. The van der Waals surface area contributed by atoms with Crippen molar-refractivity contribution in [3.63, 3.8) is 0 Å². The Morgan fingerprint density at radius 1 is 1.47 bits per heavy atom. The predicted octanol–water partition coefficient (Wildman–Crippen LogP) is 1.16. The van der Waals surface area contributed by atoms with Gasteiger partial charge in [0.1, 0.15) is 23.8 Å². The highest BCUT2D eigenvalue weighted by molar-refractivity contribution is 6.29. The van der Waals surface area contributed by atoms with E-state index in [1.54, 1.807) is 11.6 Å². The van der Waals surface area contributed by atoms with E-state index in [1.165, 1.54) is 12.4 Å². The molecular weight excluding hydrogens is 268 g/mol. The molecule has 3 N–H and O–H groups in total. The zero-order valence-electron chi connectivity index (χ0n) is 10.5. The van der Waals surface area contributed by atoms with E-state index in [9.17, 15) is 4.79 Å². The normalized spacial score (nSPS) is 10.5. The molecule has 0 saturated carbocycles. The summed E-state index contributed by atoms with van der Waals surface area (Å²) in [5.41, 5.74) is 7.85. The van der Waals surface area contributed by atoms with Crippen molar-refractivity contribution in [3.05, 3.63) is 28.9 Å². The average Bonchev–Trinajstić information content (AvgIpc) is 2.57. The topological polar surface area (TPSA) is 98.7 Å².